The number of likely N-dealkylation sites (tertiary alicyclic amines) is 1. The van der Waals surface area contributed by atoms with Gasteiger partial charge in [-0.25, -0.2) is 0 Å². The van der Waals surface area contributed by atoms with Crippen molar-refractivity contribution < 1.29 is 19.5 Å². The number of nitrogens with zero attached hydrogens (tertiary/aromatic N) is 2. The van der Waals surface area contributed by atoms with Crippen LogP contribution in [0.3, 0.4) is 0 Å². The highest BCUT2D eigenvalue weighted by molar-refractivity contribution is 6.06. The average molecular weight is 282 g/mol. The number of amides is 2. The van der Waals surface area contributed by atoms with E-state index in [2.05, 4.69) is 0 Å². The van der Waals surface area contributed by atoms with Crippen LogP contribution in [0.15, 0.2) is 0 Å². The van der Waals surface area contributed by atoms with Crippen molar-refractivity contribution in [1.82, 2.24) is 9.80 Å². The molecular formula is C14H22N2O4. The lowest BCUT2D eigenvalue weighted by molar-refractivity contribution is -0.145. The molecule has 6 nitrogen and oxygen atoms in total. The molecule has 0 aromatic carbocycles. The average Bonchev–Trinajstić information content (AvgIpc) is 2.73. The molecule has 0 radical (unpaired) electrons. The minimum absolute atomic E-state index is 0.0160. The molecule has 6 heteroatoms. The molecule has 1 saturated carbocycles. The molecule has 2 aliphatic rings. The van der Waals surface area contributed by atoms with Crippen LogP contribution in [-0.2, 0) is 14.4 Å². The van der Waals surface area contributed by atoms with Crippen molar-refractivity contribution in [3.8, 4) is 0 Å². The van der Waals surface area contributed by atoms with Crippen LogP contribution in [0.1, 0.15) is 45.4 Å². The quantitative estimate of drug-likeness (QED) is 0.773. The number of carbonyl (C=O) groups excluding carboxylic acids is 2. The summed E-state index contributed by atoms with van der Waals surface area (Å²) in [5, 5.41) is 9.03. The number of carboxylic acids is 1. The fraction of sp³-hybridized carbons (Fsp3) is 0.786. The van der Waals surface area contributed by atoms with Crippen molar-refractivity contribution >= 4 is 17.8 Å². The molecule has 0 aromatic heterocycles. The molecular weight excluding hydrogens is 260 g/mol. The summed E-state index contributed by atoms with van der Waals surface area (Å²) in [6.45, 7) is 1.53. The molecule has 0 bridgehead atoms. The summed E-state index contributed by atoms with van der Waals surface area (Å²) in [5.41, 5.74) is 0. The van der Waals surface area contributed by atoms with Gasteiger partial charge in [0.05, 0.1) is 12.5 Å². The second-order valence-corrected chi connectivity index (χ2v) is 5.79. The van der Waals surface area contributed by atoms with E-state index >= 15 is 0 Å². The van der Waals surface area contributed by atoms with Crippen LogP contribution in [0.2, 0.25) is 0 Å². The third kappa shape index (κ3) is 2.70. The third-order valence-electron chi connectivity index (χ3n) is 4.56. The second-order valence-electron chi connectivity index (χ2n) is 5.79. The Bertz CT molecular complexity index is 417. The first-order chi connectivity index (χ1) is 9.43. The number of hydrogen-bond acceptors (Lipinski definition) is 4. The Morgan fingerprint density at radius 2 is 1.90 bits per heavy atom. The van der Waals surface area contributed by atoms with E-state index in [1.807, 2.05) is 0 Å². The summed E-state index contributed by atoms with van der Waals surface area (Å²) in [7, 11) is 1.60. The van der Waals surface area contributed by atoms with Crippen molar-refractivity contribution in [3.05, 3.63) is 0 Å². The summed E-state index contributed by atoms with van der Waals surface area (Å²) < 4.78 is 0. The first kappa shape index (κ1) is 15.0. The van der Waals surface area contributed by atoms with Gasteiger partial charge in [0.2, 0.25) is 11.8 Å². The van der Waals surface area contributed by atoms with Gasteiger partial charge < -0.3 is 5.11 Å². The summed E-state index contributed by atoms with van der Waals surface area (Å²) in [4.78, 5) is 38.5. The number of carbonyl (C=O) groups is 3. The van der Waals surface area contributed by atoms with E-state index in [-0.39, 0.29) is 24.3 Å². The molecule has 1 aliphatic heterocycles. The molecule has 112 valence electrons. The van der Waals surface area contributed by atoms with E-state index in [1.54, 1.807) is 7.05 Å². The van der Waals surface area contributed by atoms with E-state index < -0.39 is 18.1 Å². The maximum Gasteiger partial charge on any atom is 0.320 e. The van der Waals surface area contributed by atoms with Gasteiger partial charge in [0.1, 0.15) is 6.04 Å². The Labute approximate surface area is 118 Å². The summed E-state index contributed by atoms with van der Waals surface area (Å²) >= 11 is 0. The third-order valence-corrected chi connectivity index (χ3v) is 4.56. The molecule has 2 unspecified atom stereocenters. The monoisotopic (exact) mass is 282 g/mol. The van der Waals surface area contributed by atoms with Crippen LogP contribution < -0.4 is 0 Å². The predicted molar refractivity (Wildman–Crippen MR) is 72.0 cm³/mol. The van der Waals surface area contributed by atoms with E-state index in [4.69, 9.17) is 5.11 Å². The lowest BCUT2D eigenvalue weighted by Gasteiger charge is -2.31. The Morgan fingerprint density at radius 1 is 1.30 bits per heavy atom. The van der Waals surface area contributed by atoms with Gasteiger partial charge in [0.15, 0.2) is 0 Å². The van der Waals surface area contributed by atoms with Crippen LogP contribution in [0, 0.1) is 0 Å². The topological polar surface area (TPSA) is 77.9 Å². The van der Waals surface area contributed by atoms with E-state index in [9.17, 15) is 14.4 Å². The standard InChI is InChI=1S/C14H22N2O4/c1-9(14(19)20)15(2)11-8-12(17)16(13(11)18)10-6-4-3-5-7-10/h9-11H,3-8H2,1-2H3,(H,19,20). The smallest absolute Gasteiger partial charge is 0.320 e. The highest BCUT2D eigenvalue weighted by Crippen LogP contribution is 2.29. The second kappa shape index (κ2) is 5.91. The van der Waals surface area contributed by atoms with Crippen LogP contribution in [0.5, 0.6) is 0 Å². The van der Waals surface area contributed by atoms with E-state index in [0.29, 0.717) is 0 Å². The number of hydrogen-bond donors (Lipinski definition) is 1. The van der Waals surface area contributed by atoms with Gasteiger partial charge in [0.25, 0.3) is 0 Å². The van der Waals surface area contributed by atoms with Gasteiger partial charge in [-0.1, -0.05) is 19.3 Å². The largest absolute Gasteiger partial charge is 0.480 e. The minimum atomic E-state index is -0.983. The number of rotatable bonds is 4. The van der Waals surface area contributed by atoms with Crippen LogP contribution in [0.4, 0.5) is 0 Å². The first-order valence-corrected chi connectivity index (χ1v) is 7.24. The number of aliphatic carboxylic acids is 1. The van der Waals surface area contributed by atoms with Gasteiger partial charge in [-0.2, -0.15) is 0 Å². The Morgan fingerprint density at radius 3 is 2.45 bits per heavy atom. The lowest BCUT2D eigenvalue weighted by atomic mass is 9.94. The van der Waals surface area contributed by atoms with Gasteiger partial charge in [-0.05, 0) is 26.8 Å². The molecule has 1 aliphatic carbocycles. The fourth-order valence-electron chi connectivity index (χ4n) is 3.12. The highest BCUT2D eigenvalue weighted by atomic mass is 16.4. The van der Waals surface area contributed by atoms with Crippen LogP contribution in [0.25, 0.3) is 0 Å². The van der Waals surface area contributed by atoms with Gasteiger partial charge in [-0.15, -0.1) is 0 Å². The predicted octanol–water partition coefficient (Wildman–Crippen LogP) is 0.851. The zero-order valence-corrected chi connectivity index (χ0v) is 12.0. The number of carboxylic acid groups (broad SMARTS) is 1. The van der Waals surface area contributed by atoms with Crippen molar-refractivity contribution in [2.24, 2.45) is 0 Å². The molecule has 2 amide bonds. The summed E-state index contributed by atoms with van der Waals surface area (Å²) in [5.74, 6) is -1.36. The fourth-order valence-corrected chi connectivity index (χ4v) is 3.12. The van der Waals surface area contributed by atoms with Gasteiger partial charge >= 0.3 is 5.97 Å². The molecule has 0 spiro atoms. The minimum Gasteiger partial charge on any atom is -0.480 e. The Kier molecular flexibility index (Phi) is 4.42. The molecule has 2 atom stereocenters. The number of imide groups is 1. The van der Waals surface area contributed by atoms with E-state index in [0.717, 1.165) is 32.1 Å². The van der Waals surface area contributed by atoms with Crippen molar-refractivity contribution in [1.29, 1.82) is 0 Å². The van der Waals surface area contributed by atoms with Crippen molar-refractivity contribution in [2.75, 3.05) is 7.05 Å². The Balaban J connectivity index is 2.09. The summed E-state index contributed by atoms with van der Waals surface area (Å²) in [6.07, 6.45) is 5.11. The molecule has 2 fully saturated rings. The molecule has 1 saturated heterocycles. The molecule has 1 N–H and O–H groups in total. The van der Waals surface area contributed by atoms with Gasteiger partial charge in [-0.3, -0.25) is 24.2 Å². The first-order valence-electron chi connectivity index (χ1n) is 7.24. The van der Waals surface area contributed by atoms with Crippen molar-refractivity contribution in [2.45, 2.75) is 63.6 Å². The highest BCUT2D eigenvalue weighted by Gasteiger charge is 2.45. The maximum atomic E-state index is 12.5. The maximum absolute atomic E-state index is 12.5. The van der Waals surface area contributed by atoms with Gasteiger partial charge in [0, 0.05) is 6.04 Å². The SMILES string of the molecule is CC(C(=O)O)N(C)C1CC(=O)N(C2CCCCC2)C1=O. The molecule has 0 aromatic rings. The normalized spacial score (nSPS) is 26.4. The summed E-state index contributed by atoms with van der Waals surface area (Å²) in [6, 6.07) is -1.39. The Hall–Kier alpha value is -1.43. The molecule has 1 heterocycles. The van der Waals surface area contributed by atoms with Crippen LogP contribution >= 0.6 is 0 Å². The van der Waals surface area contributed by atoms with E-state index in [1.165, 1.54) is 16.7 Å². The number of likely N-dealkylation sites (N-methyl/N-ethyl adjacent to an activating group) is 1. The lowest BCUT2D eigenvalue weighted by Crippen LogP contribution is -2.49. The zero-order valence-electron chi connectivity index (χ0n) is 12.0. The van der Waals surface area contributed by atoms with Crippen molar-refractivity contribution in [3.63, 3.8) is 0 Å². The molecule has 20 heavy (non-hydrogen) atoms. The molecule has 2 rings (SSSR count). The van der Waals surface area contributed by atoms with Crippen LogP contribution in [-0.4, -0.2) is 57.9 Å². The zero-order chi connectivity index (χ0) is 14.9.